The van der Waals surface area contributed by atoms with Crippen molar-refractivity contribution in [3.05, 3.63) is 65.2 Å². The fraction of sp³-hybridized carbons (Fsp3) is 0.200. The summed E-state index contributed by atoms with van der Waals surface area (Å²) < 4.78 is 5.25. The van der Waals surface area contributed by atoms with E-state index in [4.69, 9.17) is 4.74 Å². The van der Waals surface area contributed by atoms with Crippen LogP contribution in [0, 0.1) is 11.8 Å². The SMILES string of the molecule is COc1ccc(C(C)=O)cc1CC(=O)NCC#Cc1ccccc1. The summed E-state index contributed by atoms with van der Waals surface area (Å²) in [5, 5.41) is 2.75. The van der Waals surface area contributed by atoms with E-state index >= 15 is 0 Å². The van der Waals surface area contributed by atoms with Gasteiger partial charge in [0.15, 0.2) is 5.78 Å². The zero-order valence-corrected chi connectivity index (χ0v) is 13.8. The second kappa shape index (κ2) is 8.54. The average molecular weight is 321 g/mol. The maximum atomic E-state index is 12.1. The van der Waals surface area contributed by atoms with Gasteiger partial charge in [-0.2, -0.15) is 0 Å². The third kappa shape index (κ3) is 4.99. The van der Waals surface area contributed by atoms with Crippen LogP contribution in [0.3, 0.4) is 0 Å². The first-order chi connectivity index (χ1) is 11.6. The lowest BCUT2D eigenvalue weighted by molar-refractivity contribution is -0.120. The first kappa shape index (κ1) is 17.3. The largest absolute Gasteiger partial charge is 0.496 e. The third-order valence-corrected chi connectivity index (χ3v) is 3.42. The molecule has 2 aromatic carbocycles. The molecule has 0 fully saturated rings. The van der Waals surface area contributed by atoms with Crippen molar-refractivity contribution in [1.29, 1.82) is 0 Å². The minimum absolute atomic E-state index is 0.0481. The van der Waals surface area contributed by atoms with Crippen LogP contribution in [0.2, 0.25) is 0 Å². The highest BCUT2D eigenvalue weighted by atomic mass is 16.5. The maximum Gasteiger partial charge on any atom is 0.225 e. The van der Waals surface area contributed by atoms with Gasteiger partial charge in [-0.15, -0.1) is 0 Å². The van der Waals surface area contributed by atoms with E-state index in [1.54, 1.807) is 18.2 Å². The highest BCUT2D eigenvalue weighted by Crippen LogP contribution is 2.20. The molecule has 0 aliphatic carbocycles. The molecule has 2 rings (SSSR count). The van der Waals surface area contributed by atoms with Gasteiger partial charge in [0, 0.05) is 16.7 Å². The molecular formula is C20H19NO3. The molecule has 0 aliphatic rings. The highest BCUT2D eigenvalue weighted by Gasteiger charge is 2.11. The summed E-state index contributed by atoms with van der Waals surface area (Å²) in [4.78, 5) is 23.5. The van der Waals surface area contributed by atoms with Crippen molar-refractivity contribution >= 4 is 11.7 Å². The average Bonchev–Trinajstić information content (AvgIpc) is 2.59. The smallest absolute Gasteiger partial charge is 0.225 e. The highest BCUT2D eigenvalue weighted by molar-refractivity contribution is 5.94. The number of benzene rings is 2. The second-order valence-corrected chi connectivity index (χ2v) is 5.20. The molecule has 0 saturated carbocycles. The van der Waals surface area contributed by atoms with Crippen LogP contribution >= 0.6 is 0 Å². The number of carbonyl (C=O) groups is 2. The first-order valence-corrected chi connectivity index (χ1v) is 7.58. The van der Waals surface area contributed by atoms with Crippen LogP contribution in [0.25, 0.3) is 0 Å². The molecule has 0 saturated heterocycles. The lowest BCUT2D eigenvalue weighted by Gasteiger charge is -2.09. The van der Waals surface area contributed by atoms with Gasteiger partial charge in [-0.1, -0.05) is 30.0 Å². The van der Waals surface area contributed by atoms with E-state index in [-0.39, 0.29) is 24.7 Å². The zero-order chi connectivity index (χ0) is 17.4. The molecule has 0 unspecified atom stereocenters. The summed E-state index contributed by atoms with van der Waals surface area (Å²) in [6.45, 7) is 1.76. The molecule has 0 heterocycles. The van der Waals surface area contributed by atoms with E-state index in [2.05, 4.69) is 17.2 Å². The topological polar surface area (TPSA) is 55.4 Å². The fourth-order valence-electron chi connectivity index (χ4n) is 2.18. The normalized spacial score (nSPS) is 9.58. The summed E-state index contributed by atoms with van der Waals surface area (Å²) in [7, 11) is 1.54. The molecular weight excluding hydrogens is 302 g/mol. The van der Waals surface area contributed by atoms with Gasteiger partial charge in [-0.3, -0.25) is 9.59 Å². The molecule has 2 aromatic rings. The van der Waals surface area contributed by atoms with Crippen LogP contribution in [-0.4, -0.2) is 25.3 Å². The van der Waals surface area contributed by atoms with Crippen LogP contribution in [-0.2, 0) is 11.2 Å². The van der Waals surface area contributed by atoms with Gasteiger partial charge in [0.25, 0.3) is 0 Å². The molecule has 0 bridgehead atoms. The lowest BCUT2D eigenvalue weighted by atomic mass is 10.0. The number of hydrogen-bond donors (Lipinski definition) is 1. The van der Waals surface area contributed by atoms with E-state index in [1.807, 2.05) is 30.3 Å². The Hall–Kier alpha value is -3.06. The summed E-state index contributed by atoms with van der Waals surface area (Å²) in [6, 6.07) is 14.7. The van der Waals surface area contributed by atoms with Crippen LogP contribution in [0.5, 0.6) is 5.75 Å². The van der Waals surface area contributed by atoms with Crippen LogP contribution in [0.15, 0.2) is 48.5 Å². The number of carbonyl (C=O) groups excluding carboxylic acids is 2. The van der Waals surface area contributed by atoms with E-state index < -0.39 is 0 Å². The standard InChI is InChI=1S/C20H19NO3/c1-15(22)17-10-11-19(24-2)18(13-17)14-20(23)21-12-6-9-16-7-4-3-5-8-16/h3-5,7-8,10-11,13H,12,14H2,1-2H3,(H,21,23). The summed E-state index contributed by atoms with van der Waals surface area (Å²) >= 11 is 0. The van der Waals surface area contributed by atoms with Gasteiger partial charge in [-0.25, -0.2) is 0 Å². The number of Topliss-reactive ketones (excluding diaryl/α,β-unsaturated/α-hetero) is 1. The van der Waals surface area contributed by atoms with E-state index in [0.717, 1.165) is 5.56 Å². The van der Waals surface area contributed by atoms with Crippen molar-refractivity contribution in [2.24, 2.45) is 0 Å². The Morgan fingerprint density at radius 2 is 1.88 bits per heavy atom. The number of rotatable bonds is 5. The predicted molar refractivity (Wildman–Crippen MR) is 93.0 cm³/mol. The molecule has 122 valence electrons. The Kier molecular flexibility index (Phi) is 6.16. The van der Waals surface area contributed by atoms with Gasteiger partial charge in [0.05, 0.1) is 20.1 Å². The number of nitrogens with one attached hydrogen (secondary N) is 1. The molecule has 4 heteroatoms. The van der Waals surface area contributed by atoms with Crippen molar-refractivity contribution in [3.63, 3.8) is 0 Å². The minimum Gasteiger partial charge on any atom is -0.496 e. The Bertz CT molecular complexity index is 786. The van der Waals surface area contributed by atoms with Crippen molar-refractivity contribution < 1.29 is 14.3 Å². The van der Waals surface area contributed by atoms with E-state index in [0.29, 0.717) is 16.9 Å². The predicted octanol–water partition coefficient (Wildman–Crippen LogP) is 2.61. The third-order valence-electron chi connectivity index (χ3n) is 3.42. The lowest BCUT2D eigenvalue weighted by Crippen LogP contribution is -2.25. The molecule has 4 nitrogen and oxygen atoms in total. The van der Waals surface area contributed by atoms with Gasteiger partial charge in [-0.05, 0) is 37.3 Å². The van der Waals surface area contributed by atoms with Gasteiger partial charge >= 0.3 is 0 Å². The number of ketones is 1. The quantitative estimate of drug-likeness (QED) is 0.680. The molecule has 0 radical (unpaired) electrons. The van der Waals surface area contributed by atoms with E-state index in [1.165, 1.54) is 14.0 Å². The van der Waals surface area contributed by atoms with Crippen molar-refractivity contribution in [3.8, 4) is 17.6 Å². The Morgan fingerprint density at radius 3 is 2.54 bits per heavy atom. The second-order valence-electron chi connectivity index (χ2n) is 5.20. The number of amides is 1. The molecule has 0 atom stereocenters. The molecule has 0 spiro atoms. The molecule has 24 heavy (non-hydrogen) atoms. The van der Waals surface area contributed by atoms with Crippen LogP contribution in [0.4, 0.5) is 0 Å². The summed E-state index contributed by atoms with van der Waals surface area (Å²) in [5.74, 6) is 6.26. The Morgan fingerprint density at radius 1 is 1.12 bits per heavy atom. The van der Waals surface area contributed by atoms with Crippen LogP contribution < -0.4 is 10.1 Å². The maximum absolute atomic E-state index is 12.1. The fourth-order valence-corrected chi connectivity index (χ4v) is 2.18. The number of hydrogen-bond acceptors (Lipinski definition) is 3. The molecule has 0 aromatic heterocycles. The monoisotopic (exact) mass is 321 g/mol. The summed E-state index contributed by atoms with van der Waals surface area (Å²) in [5.41, 5.74) is 2.14. The summed E-state index contributed by atoms with van der Waals surface area (Å²) in [6.07, 6.45) is 0.136. The zero-order valence-electron chi connectivity index (χ0n) is 13.8. The Balaban J connectivity index is 1.96. The molecule has 1 amide bonds. The Labute approximate surface area is 141 Å². The van der Waals surface area contributed by atoms with Gasteiger partial charge in [0.2, 0.25) is 5.91 Å². The van der Waals surface area contributed by atoms with E-state index in [9.17, 15) is 9.59 Å². The van der Waals surface area contributed by atoms with Gasteiger partial charge in [0.1, 0.15) is 5.75 Å². The minimum atomic E-state index is -0.170. The first-order valence-electron chi connectivity index (χ1n) is 7.58. The van der Waals surface area contributed by atoms with Crippen LogP contribution in [0.1, 0.15) is 28.4 Å². The van der Waals surface area contributed by atoms with Gasteiger partial charge < -0.3 is 10.1 Å². The molecule has 1 N–H and O–H groups in total. The number of methoxy groups -OCH3 is 1. The van der Waals surface area contributed by atoms with Crippen molar-refractivity contribution in [1.82, 2.24) is 5.32 Å². The number of ether oxygens (including phenoxy) is 1. The van der Waals surface area contributed by atoms with Crippen molar-refractivity contribution in [2.45, 2.75) is 13.3 Å². The van der Waals surface area contributed by atoms with Crippen molar-refractivity contribution in [2.75, 3.05) is 13.7 Å². The molecule has 0 aliphatic heterocycles.